The number of hydrogen-bond acceptors (Lipinski definition) is 2. The molecule has 0 aromatic carbocycles. The lowest BCUT2D eigenvalue weighted by atomic mass is 9.72. The summed E-state index contributed by atoms with van der Waals surface area (Å²) in [5.41, 5.74) is 3.04. The highest BCUT2D eigenvalue weighted by Gasteiger charge is 2.47. The van der Waals surface area contributed by atoms with Gasteiger partial charge in [-0.3, -0.25) is 4.79 Å². The first-order valence-electron chi connectivity index (χ1n) is 6.22. The second-order valence-electron chi connectivity index (χ2n) is 5.52. The fourth-order valence-corrected chi connectivity index (χ4v) is 3.47. The van der Waals surface area contributed by atoms with Crippen molar-refractivity contribution in [3.05, 3.63) is 11.1 Å². The summed E-state index contributed by atoms with van der Waals surface area (Å²) in [4.78, 5) is 11.5. The van der Waals surface area contributed by atoms with Gasteiger partial charge in [0.1, 0.15) is 0 Å². The topological polar surface area (TPSA) is 38.3 Å². The van der Waals surface area contributed by atoms with Crippen LogP contribution in [0.25, 0.3) is 0 Å². The first kappa shape index (κ1) is 10.3. The molecule has 2 heterocycles. The Hall–Kier alpha value is -0.830. The van der Waals surface area contributed by atoms with Gasteiger partial charge in [-0.05, 0) is 38.5 Å². The molecule has 0 unspecified atom stereocenters. The number of amides is 1. The van der Waals surface area contributed by atoms with Gasteiger partial charge in [0.05, 0.1) is 18.6 Å². The second kappa shape index (κ2) is 3.59. The lowest BCUT2D eigenvalue weighted by Gasteiger charge is -2.31. The zero-order valence-electron chi connectivity index (χ0n) is 9.95. The molecule has 0 saturated carbocycles. The van der Waals surface area contributed by atoms with Crippen LogP contribution in [0.5, 0.6) is 0 Å². The fourth-order valence-electron chi connectivity index (χ4n) is 3.47. The van der Waals surface area contributed by atoms with E-state index in [4.69, 9.17) is 4.74 Å². The van der Waals surface area contributed by atoms with Gasteiger partial charge >= 0.3 is 0 Å². The highest BCUT2D eigenvalue weighted by molar-refractivity contribution is 5.77. The number of carbonyl (C=O) groups is 1. The third kappa shape index (κ3) is 1.49. The summed E-state index contributed by atoms with van der Waals surface area (Å²) < 4.78 is 6.03. The summed E-state index contributed by atoms with van der Waals surface area (Å²) in [6, 6.07) is 0. The van der Waals surface area contributed by atoms with Crippen molar-refractivity contribution in [2.45, 2.75) is 45.3 Å². The number of allylic oxidation sites excluding steroid dienone is 2. The quantitative estimate of drug-likeness (QED) is 0.631. The molecule has 0 spiro atoms. The van der Waals surface area contributed by atoms with Crippen LogP contribution in [0.2, 0.25) is 0 Å². The number of ether oxygens (including phenoxy) is 1. The lowest BCUT2D eigenvalue weighted by Crippen LogP contribution is -2.38. The first-order valence-corrected chi connectivity index (χ1v) is 6.22. The molecule has 2 fully saturated rings. The molecule has 2 aliphatic heterocycles. The molecule has 88 valence electrons. The molecule has 3 heteroatoms. The van der Waals surface area contributed by atoms with Crippen molar-refractivity contribution in [3.63, 3.8) is 0 Å². The average Bonchev–Trinajstić information content (AvgIpc) is 2.45. The summed E-state index contributed by atoms with van der Waals surface area (Å²) in [6.45, 7) is 5.17. The van der Waals surface area contributed by atoms with E-state index >= 15 is 0 Å². The maximum Gasteiger partial charge on any atom is 0.222 e. The molecule has 3 aliphatic rings. The van der Waals surface area contributed by atoms with Crippen LogP contribution in [0.4, 0.5) is 0 Å². The van der Waals surface area contributed by atoms with E-state index in [1.54, 1.807) is 0 Å². The van der Waals surface area contributed by atoms with Crippen molar-refractivity contribution < 1.29 is 9.53 Å². The Morgan fingerprint density at radius 1 is 1.06 bits per heavy atom. The van der Waals surface area contributed by atoms with E-state index < -0.39 is 0 Å². The summed E-state index contributed by atoms with van der Waals surface area (Å²) >= 11 is 0. The van der Waals surface area contributed by atoms with E-state index in [-0.39, 0.29) is 18.1 Å². The molecule has 1 aliphatic carbocycles. The molecule has 2 bridgehead atoms. The van der Waals surface area contributed by atoms with Crippen molar-refractivity contribution in [1.29, 1.82) is 0 Å². The molecule has 2 saturated heterocycles. The Balaban J connectivity index is 1.88. The van der Waals surface area contributed by atoms with Crippen LogP contribution in [0, 0.1) is 11.8 Å². The van der Waals surface area contributed by atoms with Gasteiger partial charge in [-0.25, -0.2) is 0 Å². The van der Waals surface area contributed by atoms with Crippen molar-refractivity contribution in [3.8, 4) is 0 Å². The van der Waals surface area contributed by atoms with Crippen molar-refractivity contribution in [2.24, 2.45) is 11.8 Å². The molecule has 0 radical (unpaired) electrons. The first-order chi connectivity index (χ1) is 7.65. The predicted molar refractivity (Wildman–Crippen MR) is 60.9 cm³/mol. The van der Waals surface area contributed by atoms with Crippen LogP contribution < -0.4 is 5.32 Å². The van der Waals surface area contributed by atoms with Crippen molar-refractivity contribution in [2.75, 3.05) is 6.54 Å². The Morgan fingerprint density at radius 3 is 2.38 bits per heavy atom. The van der Waals surface area contributed by atoms with Crippen molar-refractivity contribution >= 4 is 5.91 Å². The van der Waals surface area contributed by atoms with Gasteiger partial charge in [-0.15, -0.1) is 0 Å². The number of carbonyl (C=O) groups excluding carboxylic acids is 1. The van der Waals surface area contributed by atoms with Gasteiger partial charge < -0.3 is 10.1 Å². The van der Waals surface area contributed by atoms with E-state index in [2.05, 4.69) is 19.2 Å². The zero-order valence-corrected chi connectivity index (χ0v) is 9.95. The Bertz CT molecular complexity index is 361. The molecular formula is C13H19NO2. The largest absolute Gasteiger partial charge is 0.372 e. The predicted octanol–water partition coefficient (Wildman–Crippen LogP) is 1.64. The standard InChI is InChI=1S/C13H19NO2/c1-7-3-9-10(4-8(7)2)12-6-14-13(15)5-11(9)16-12/h9-12H,3-6H2,1-2H3,(H,14,15)/t9-,10+,11+,12-/m0/s1. The van der Waals surface area contributed by atoms with Crippen LogP contribution in [0.3, 0.4) is 0 Å². The third-order valence-electron chi connectivity index (χ3n) is 4.55. The number of rotatable bonds is 0. The maximum absolute atomic E-state index is 11.5. The number of hydrogen-bond donors (Lipinski definition) is 1. The monoisotopic (exact) mass is 221 g/mol. The van der Waals surface area contributed by atoms with Crippen LogP contribution in [0.1, 0.15) is 33.1 Å². The second-order valence-corrected chi connectivity index (χ2v) is 5.52. The molecule has 0 aromatic heterocycles. The fraction of sp³-hybridized carbons (Fsp3) is 0.769. The minimum Gasteiger partial charge on any atom is -0.372 e. The van der Waals surface area contributed by atoms with E-state index in [0.29, 0.717) is 24.8 Å². The summed E-state index contributed by atoms with van der Waals surface area (Å²) in [6.07, 6.45) is 3.27. The van der Waals surface area contributed by atoms with Gasteiger partial charge in [0.2, 0.25) is 5.91 Å². The number of nitrogens with one attached hydrogen (secondary N) is 1. The molecule has 4 atom stereocenters. The van der Waals surface area contributed by atoms with Gasteiger partial charge in [0.25, 0.3) is 0 Å². The van der Waals surface area contributed by atoms with Crippen molar-refractivity contribution in [1.82, 2.24) is 5.32 Å². The van der Waals surface area contributed by atoms with Crippen LogP contribution >= 0.6 is 0 Å². The molecule has 1 amide bonds. The Labute approximate surface area is 96.2 Å². The van der Waals surface area contributed by atoms with Gasteiger partial charge in [-0.1, -0.05) is 11.1 Å². The minimum atomic E-state index is 0.162. The number of fused-ring (bicyclic) bond motifs is 5. The summed E-state index contributed by atoms with van der Waals surface area (Å²) in [5.74, 6) is 1.38. The highest BCUT2D eigenvalue weighted by Crippen LogP contribution is 2.46. The van der Waals surface area contributed by atoms with E-state index in [9.17, 15) is 4.79 Å². The summed E-state index contributed by atoms with van der Waals surface area (Å²) in [7, 11) is 0. The third-order valence-corrected chi connectivity index (χ3v) is 4.55. The molecule has 3 rings (SSSR count). The highest BCUT2D eigenvalue weighted by atomic mass is 16.5. The van der Waals surface area contributed by atoms with Gasteiger partial charge in [-0.2, -0.15) is 0 Å². The smallest absolute Gasteiger partial charge is 0.222 e. The molecule has 1 N–H and O–H groups in total. The van der Waals surface area contributed by atoms with E-state index in [1.165, 1.54) is 11.1 Å². The molecular weight excluding hydrogens is 202 g/mol. The Morgan fingerprint density at radius 2 is 1.69 bits per heavy atom. The minimum absolute atomic E-state index is 0.162. The molecule has 0 aromatic rings. The Kier molecular flexibility index (Phi) is 2.32. The van der Waals surface area contributed by atoms with E-state index in [1.807, 2.05) is 0 Å². The molecule has 3 nitrogen and oxygen atoms in total. The van der Waals surface area contributed by atoms with Gasteiger partial charge in [0, 0.05) is 6.54 Å². The maximum atomic E-state index is 11.5. The van der Waals surface area contributed by atoms with Crippen LogP contribution in [0.15, 0.2) is 11.1 Å². The lowest BCUT2D eigenvalue weighted by molar-refractivity contribution is -0.122. The summed E-state index contributed by atoms with van der Waals surface area (Å²) in [5, 5.41) is 2.96. The van der Waals surface area contributed by atoms with Gasteiger partial charge in [0.15, 0.2) is 0 Å². The van der Waals surface area contributed by atoms with Crippen LogP contribution in [-0.4, -0.2) is 24.7 Å². The van der Waals surface area contributed by atoms with E-state index in [0.717, 1.165) is 12.8 Å². The SMILES string of the molecule is CC1=C(C)C[C@H]2[C@@H](C1)[C@@H]1CNC(=O)C[C@H]2O1. The average molecular weight is 221 g/mol. The zero-order chi connectivity index (χ0) is 11.3. The van der Waals surface area contributed by atoms with Crippen LogP contribution in [-0.2, 0) is 9.53 Å². The normalized spacial score (nSPS) is 42.8. The molecule has 16 heavy (non-hydrogen) atoms.